The lowest BCUT2D eigenvalue weighted by atomic mass is 10.1. The standard InChI is InChI=1S/C6H13NO/c1-5-4-6(7)2-3-8-5/h5-6H,2-4,7H2,1H3/t5-,6+/m0/s1. The van der Waals surface area contributed by atoms with Crippen molar-refractivity contribution in [1.29, 1.82) is 0 Å². The Bertz CT molecular complexity index is 66.9. The second-order valence-corrected chi connectivity index (χ2v) is 2.47. The first-order valence-electron chi connectivity index (χ1n) is 3.16. The fraction of sp³-hybridized carbons (Fsp3) is 1.00. The normalized spacial score (nSPS) is 39.8. The maximum atomic E-state index is 5.65. The van der Waals surface area contributed by atoms with E-state index in [0.717, 1.165) is 19.4 Å². The minimum atomic E-state index is 0.388. The fourth-order valence-corrected chi connectivity index (χ4v) is 1.03. The summed E-state index contributed by atoms with van der Waals surface area (Å²) in [5, 5.41) is 0. The molecule has 1 fully saturated rings. The molecule has 2 atom stereocenters. The van der Waals surface area contributed by atoms with E-state index in [1.54, 1.807) is 0 Å². The summed E-state index contributed by atoms with van der Waals surface area (Å²) in [5.41, 5.74) is 5.65. The molecule has 0 amide bonds. The Balaban J connectivity index is 2.23. The summed E-state index contributed by atoms with van der Waals surface area (Å²) in [6.45, 7) is 2.92. The number of nitrogens with two attached hydrogens (primary N) is 1. The van der Waals surface area contributed by atoms with Crippen LogP contribution in [0.4, 0.5) is 0 Å². The van der Waals surface area contributed by atoms with Crippen LogP contribution in [0.2, 0.25) is 0 Å². The van der Waals surface area contributed by atoms with Crippen LogP contribution >= 0.6 is 0 Å². The van der Waals surface area contributed by atoms with Crippen LogP contribution in [0.15, 0.2) is 0 Å². The number of rotatable bonds is 0. The first kappa shape index (κ1) is 6.05. The molecule has 2 nitrogen and oxygen atoms in total. The van der Waals surface area contributed by atoms with Gasteiger partial charge in [0.1, 0.15) is 0 Å². The Kier molecular flexibility index (Phi) is 1.86. The monoisotopic (exact) mass is 115 g/mol. The molecule has 0 aromatic carbocycles. The van der Waals surface area contributed by atoms with Crippen LogP contribution in [-0.2, 0) is 4.74 Å². The number of ether oxygens (including phenoxy) is 1. The van der Waals surface area contributed by atoms with Crippen molar-refractivity contribution in [2.75, 3.05) is 6.61 Å². The number of hydrogen-bond donors (Lipinski definition) is 1. The summed E-state index contributed by atoms with van der Waals surface area (Å²) in [4.78, 5) is 0. The van der Waals surface area contributed by atoms with Gasteiger partial charge in [0.15, 0.2) is 0 Å². The van der Waals surface area contributed by atoms with Gasteiger partial charge in [0, 0.05) is 12.6 Å². The quantitative estimate of drug-likeness (QED) is 0.499. The highest BCUT2D eigenvalue weighted by Gasteiger charge is 2.14. The average molecular weight is 115 g/mol. The van der Waals surface area contributed by atoms with Crippen molar-refractivity contribution in [3.05, 3.63) is 0 Å². The van der Waals surface area contributed by atoms with E-state index in [1.165, 1.54) is 0 Å². The molecule has 0 bridgehead atoms. The molecular weight excluding hydrogens is 102 g/mol. The minimum absolute atomic E-state index is 0.388. The van der Waals surface area contributed by atoms with Gasteiger partial charge in [-0.2, -0.15) is 0 Å². The van der Waals surface area contributed by atoms with Gasteiger partial charge in [0.05, 0.1) is 6.10 Å². The molecule has 0 saturated carbocycles. The molecule has 48 valence electrons. The largest absolute Gasteiger partial charge is 0.378 e. The summed E-state index contributed by atoms with van der Waals surface area (Å²) in [6, 6.07) is 0.388. The van der Waals surface area contributed by atoms with Gasteiger partial charge < -0.3 is 10.5 Å². The van der Waals surface area contributed by atoms with E-state index in [-0.39, 0.29) is 0 Å². The molecule has 0 radical (unpaired) electrons. The Morgan fingerprint density at radius 1 is 1.62 bits per heavy atom. The molecule has 0 unspecified atom stereocenters. The second kappa shape index (κ2) is 2.46. The molecule has 2 N–H and O–H groups in total. The Morgan fingerprint density at radius 3 is 2.75 bits per heavy atom. The van der Waals surface area contributed by atoms with Crippen LogP contribution in [0.3, 0.4) is 0 Å². The van der Waals surface area contributed by atoms with Crippen LogP contribution in [-0.4, -0.2) is 18.8 Å². The first-order valence-corrected chi connectivity index (χ1v) is 3.16. The maximum absolute atomic E-state index is 5.65. The zero-order valence-electron chi connectivity index (χ0n) is 5.26. The van der Waals surface area contributed by atoms with Crippen LogP contribution in [0, 0.1) is 0 Å². The van der Waals surface area contributed by atoms with Gasteiger partial charge in [-0.3, -0.25) is 0 Å². The van der Waals surface area contributed by atoms with Gasteiger partial charge in [-0.25, -0.2) is 0 Å². The highest BCUT2D eigenvalue weighted by atomic mass is 16.5. The van der Waals surface area contributed by atoms with Gasteiger partial charge in [-0.1, -0.05) is 0 Å². The molecule has 0 aromatic rings. The molecule has 0 spiro atoms. The minimum Gasteiger partial charge on any atom is -0.378 e. The van der Waals surface area contributed by atoms with Crippen molar-refractivity contribution >= 4 is 0 Å². The van der Waals surface area contributed by atoms with Crippen LogP contribution in [0.25, 0.3) is 0 Å². The topological polar surface area (TPSA) is 35.2 Å². The molecule has 0 aliphatic carbocycles. The highest BCUT2D eigenvalue weighted by molar-refractivity contribution is 4.69. The summed E-state index contributed by atoms with van der Waals surface area (Å²) in [7, 11) is 0. The van der Waals surface area contributed by atoms with Crippen LogP contribution < -0.4 is 5.73 Å². The highest BCUT2D eigenvalue weighted by Crippen LogP contribution is 2.10. The molecule has 1 aliphatic heterocycles. The van der Waals surface area contributed by atoms with E-state index < -0.39 is 0 Å². The summed E-state index contributed by atoms with van der Waals surface area (Å²) < 4.78 is 5.27. The van der Waals surface area contributed by atoms with Gasteiger partial charge >= 0.3 is 0 Å². The first-order chi connectivity index (χ1) is 3.79. The molecule has 1 heterocycles. The van der Waals surface area contributed by atoms with Crippen molar-refractivity contribution in [1.82, 2.24) is 0 Å². The number of hydrogen-bond acceptors (Lipinski definition) is 2. The lowest BCUT2D eigenvalue weighted by molar-refractivity contribution is 0.0200. The van der Waals surface area contributed by atoms with Crippen molar-refractivity contribution in [2.45, 2.75) is 31.9 Å². The maximum Gasteiger partial charge on any atom is 0.0561 e. The van der Waals surface area contributed by atoms with E-state index in [9.17, 15) is 0 Å². The zero-order valence-corrected chi connectivity index (χ0v) is 5.26. The van der Waals surface area contributed by atoms with E-state index in [0.29, 0.717) is 12.1 Å². The third-order valence-electron chi connectivity index (χ3n) is 1.53. The van der Waals surface area contributed by atoms with E-state index in [4.69, 9.17) is 10.5 Å². The smallest absolute Gasteiger partial charge is 0.0561 e. The fourth-order valence-electron chi connectivity index (χ4n) is 1.03. The predicted molar refractivity (Wildman–Crippen MR) is 32.6 cm³/mol. The van der Waals surface area contributed by atoms with E-state index in [2.05, 4.69) is 6.92 Å². The SMILES string of the molecule is C[C@H]1C[C@H](N)CCO1. The van der Waals surface area contributed by atoms with Gasteiger partial charge in [0.25, 0.3) is 0 Å². The Labute approximate surface area is 50.0 Å². The summed E-state index contributed by atoms with van der Waals surface area (Å²) in [5.74, 6) is 0. The van der Waals surface area contributed by atoms with E-state index in [1.807, 2.05) is 0 Å². The lowest BCUT2D eigenvalue weighted by Crippen LogP contribution is -2.32. The molecule has 0 aromatic heterocycles. The van der Waals surface area contributed by atoms with Crippen LogP contribution in [0.5, 0.6) is 0 Å². The summed E-state index contributed by atoms with van der Waals surface area (Å²) in [6.07, 6.45) is 2.45. The van der Waals surface area contributed by atoms with Crippen molar-refractivity contribution in [2.24, 2.45) is 5.73 Å². The van der Waals surface area contributed by atoms with Crippen molar-refractivity contribution in [3.8, 4) is 0 Å². The molecule has 8 heavy (non-hydrogen) atoms. The van der Waals surface area contributed by atoms with Crippen molar-refractivity contribution in [3.63, 3.8) is 0 Å². The lowest BCUT2D eigenvalue weighted by Gasteiger charge is -2.23. The Morgan fingerprint density at radius 2 is 2.38 bits per heavy atom. The second-order valence-electron chi connectivity index (χ2n) is 2.47. The molecule has 1 rings (SSSR count). The third kappa shape index (κ3) is 1.46. The molecule has 2 heteroatoms. The van der Waals surface area contributed by atoms with Gasteiger partial charge in [-0.15, -0.1) is 0 Å². The molecule has 1 aliphatic rings. The summed E-state index contributed by atoms with van der Waals surface area (Å²) >= 11 is 0. The van der Waals surface area contributed by atoms with Crippen LogP contribution in [0.1, 0.15) is 19.8 Å². The van der Waals surface area contributed by atoms with Gasteiger partial charge in [0.2, 0.25) is 0 Å². The average Bonchev–Trinajstić information content (AvgIpc) is 1.64. The van der Waals surface area contributed by atoms with Crippen molar-refractivity contribution < 1.29 is 4.74 Å². The molecule has 1 saturated heterocycles. The zero-order chi connectivity index (χ0) is 5.98. The molecular formula is C6H13NO. The predicted octanol–water partition coefficient (Wildman–Crippen LogP) is 0.513. The van der Waals surface area contributed by atoms with E-state index >= 15 is 0 Å². The third-order valence-corrected chi connectivity index (χ3v) is 1.53. The van der Waals surface area contributed by atoms with Gasteiger partial charge in [-0.05, 0) is 19.8 Å². The Hall–Kier alpha value is -0.0800.